The highest BCUT2D eigenvalue weighted by Crippen LogP contribution is 2.16. The molecule has 0 heterocycles. The molecule has 7 heteroatoms. The lowest BCUT2D eigenvalue weighted by atomic mass is 10.1. The SMILES string of the molecule is CC(C)(C)OC(=O)c1ccc(CN)cc1.CS(=O)(=O)c1ccccc1N. The molecule has 0 bridgehead atoms. The number of carbonyl (C=O) groups is 1. The fraction of sp³-hybridized carbons (Fsp3) is 0.316. The molecule has 2 aromatic carbocycles. The first-order valence-corrected chi connectivity index (χ1v) is 9.90. The van der Waals surface area contributed by atoms with Crippen LogP contribution < -0.4 is 11.5 Å². The minimum absolute atomic E-state index is 0.194. The Kier molecular flexibility index (Phi) is 7.35. The van der Waals surface area contributed by atoms with E-state index in [1.54, 1.807) is 30.3 Å². The Hall–Kier alpha value is -2.38. The van der Waals surface area contributed by atoms with Crippen LogP contribution >= 0.6 is 0 Å². The minimum atomic E-state index is -3.16. The number of nitrogens with two attached hydrogens (primary N) is 2. The van der Waals surface area contributed by atoms with E-state index < -0.39 is 15.4 Å². The number of nitrogen functional groups attached to an aromatic ring is 1. The van der Waals surface area contributed by atoms with Crippen LogP contribution in [-0.2, 0) is 21.1 Å². The maximum absolute atomic E-state index is 11.6. The normalized spacial score (nSPS) is 11.3. The van der Waals surface area contributed by atoms with Crippen molar-refractivity contribution in [1.82, 2.24) is 0 Å². The topological polar surface area (TPSA) is 112 Å². The van der Waals surface area contributed by atoms with Crippen LogP contribution in [0.5, 0.6) is 0 Å². The van der Waals surface area contributed by atoms with Gasteiger partial charge in [0.25, 0.3) is 0 Å². The highest BCUT2D eigenvalue weighted by atomic mass is 32.2. The zero-order valence-electron chi connectivity index (χ0n) is 15.5. The predicted molar refractivity (Wildman–Crippen MR) is 103 cm³/mol. The van der Waals surface area contributed by atoms with Gasteiger partial charge in [-0.2, -0.15) is 0 Å². The van der Waals surface area contributed by atoms with E-state index in [0.29, 0.717) is 17.8 Å². The van der Waals surface area contributed by atoms with Crippen molar-refractivity contribution in [2.24, 2.45) is 5.73 Å². The third-order valence-electron chi connectivity index (χ3n) is 3.14. The van der Waals surface area contributed by atoms with Crippen LogP contribution in [0.15, 0.2) is 53.4 Å². The number of ether oxygens (including phenoxy) is 1. The average Bonchev–Trinajstić information content (AvgIpc) is 2.53. The fourth-order valence-corrected chi connectivity index (χ4v) is 2.75. The highest BCUT2D eigenvalue weighted by Gasteiger charge is 2.17. The van der Waals surface area contributed by atoms with Crippen LogP contribution in [0.3, 0.4) is 0 Å². The van der Waals surface area contributed by atoms with Gasteiger partial charge in [0, 0.05) is 12.8 Å². The molecule has 0 unspecified atom stereocenters. The Balaban J connectivity index is 0.000000273. The molecule has 0 spiro atoms. The van der Waals surface area contributed by atoms with Gasteiger partial charge in [0.15, 0.2) is 9.84 Å². The van der Waals surface area contributed by atoms with Gasteiger partial charge < -0.3 is 16.2 Å². The maximum Gasteiger partial charge on any atom is 0.338 e. The van der Waals surface area contributed by atoms with E-state index in [4.69, 9.17) is 16.2 Å². The van der Waals surface area contributed by atoms with E-state index >= 15 is 0 Å². The summed E-state index contributed by atoms with van der Waals surface area (Å²) in [6, 6.07) is 13.5. The van der Waals surface area contributed by atoms with Crippen LogP contribution in [0.25, 0.3) is 0 Å². The van der Waals surface area contributed by atoms with Crippen molar-refractivity contribution in [2.75, 3.05) is 12.0 Å². The summed E-state index contributed by atoms with van der Waals surface area (Å²) < 4.78 is 27.2. The number of rotatable bonds is 3. The quantitative estimate of drug-likeness (QED) is 0.627. The van der Waals surface area contributed by atoms with Gasteiger partial charge in [-0.05, 0) is 50.6 Å². The molecule has 4 N–H and O–H groups in total. The summed E-state index contributed by atoms with van der Waals surface area (Å²) in [4.78, 5) is 11.8. The first kappa shape index (κ1) is 21.7. The summed E-state index contributed by atoms with van der Waals surface area (Å²) >= 11 is 0. The number of sulfone groups is 1. The molecule has 2 aromatic rings. The number of para-hydroxylation sites is 1. The van der Waals surface area contributed by atoms with Crippen molar-refractivity contribution in [3.05, 3.63) is 59.7 Å². The lowest BCUT2D eigenvalue weighted by Gasteiger charge is -2.19. The molecule has 0 aliphatic heterocycles. The number of carbonyl (C=O) groups excluding carboxylic acids is 1. The van der Waals surface area contributed by atoms with Crippen molar-refractivity contribution in [3.63, 3.8) is 0 Å². The molecule has 0 saturated carbocycles. The third kappa shape index (κ3) is 7.25. The summed E-state index contributed by atoms with van der Waals surface area (Å²) in [6.45, 7) is 6.02. The Labute approximate surface area is 155 Å². The molecule has 0 fully saturated rings. The van der Waals surface area contributed by atoms with E-state index in [0.717, 1.165) is 11.8 Å². The number of hydrogen-bond donors (Lipinski definition) is 2. The second kappa shape index (κ2) is 8.82. The van der Waals surface area contributed by atoms with Gasteiger partial charge in [0.05, 0.1) is 16.1 Å². The van der Waals surface area contributed by atoms with Gasteiger partial charge in [-0.25, -0.2) is 13.2 Å². The molecule has 26 heavy (non-hydrogen) atoms. The summed E-state index contributed by atoms with van der Waals surface area (Å²) in [6.07, 6.45) is 1.14. The molecule has 0 atom stereocenters. The molecular weight excluding hydrogens is 352 g/mol. The van der Waals surface area contributed by atoms with Gasteiger partial charge in [-0.1, -0.05) is 24.3 Å². The number of esters is 1. The molecule has 0 aliphatic carbocycles. The number of hydrogen-bond acceptors (Lipinski definition) is 6. The standard InChI is InChI=1S/C12H17NO2.C7H9NO2S/c1-12(2,3)15-11(14)10-6-4-9(8-13)5-7-10;1-11(9,10)7-5-3-2-4-6(7)8/h4-7H,8,13H2,1-3H3;2-5H,8H2,1H3. The Morgan fingerprint density at radius 3 is 1.96 bits per heavy atom. The minimum Gasteiger partial charge on any atom is -0.456 e. The molecule has 6 nitrogen and oxygen atoms in total. The molecule has 0 radical (unpaired) electrons. The summed E-state index contributed by atoms with van der Waals surface area (Å²) in [5.41, 5.74) is 12.3. The average molecular weight is 378 g/mol. The smallest absolute Gasteiger partial charge is 0.338 e. The maximum atomic E-state index is 11.6. The first-order valence-electron chi connectivity index (χ1n) is 8.01. The van der Waals surface area contributed by atoms with Crippen molar-refractivity contribution >= 4 is 21.5 Å². The van der Waals surface area contributed by atoms with Crippen molar-refractivity contribution < 1.29 is 17.9 Å². The summed E-state index contributed by atoms with van der Waals surface area (Å²) in [5, 5.41) is 0. The van der Waals surface area contributed by atoms with Gasteiger partial charge in [-0.3, -0.25) is 0 Å². The number of benzene rings is 2. The fourth-order valence-electron chi connectivity index (χ4n) is 1.93. The number of anilines is 1. The van der Waals surface area contributed by atoms with Crippen molar-refractivity contribution in [2.45, 2.75) is 37.8 Å². The zero-order valence-corrected chi connectivity index (χ0v) is 16.3. The lowest BCUT2D eigenvalue weighted by Crippen LogP contribution is -2.23. The predicted octanol–water partition coefficient (Wildman–Crippen LogP) is 2.77. The molecule has 2 rings (SSSR count). The van der Waals surface area contributed by atoms with E-state index in [1.807, 2.05) is 32.9 Å². The summed E-state index contributed by atoms with van der Waals surface area (Å²) in [5.74, 6) is -0.300. The third-order valence-corrected chi connectivity index (χ3v) is 4.31. The van der Waals surface area contributed by atoms with Gasteiger partial charge in [0.2, 0.25) is 0 Å². The van der Waals surface area contributed by atoms with Crippen LogP contribution in [0.2, 0.25) is 0 Å². The molecule has 0 amide bonds. The molecule has 0 aliphatic rings. The van der Waals surface area contributed by atoms with E-state index in [-0.39, 0.29) is 10.9 Å². The first-order chi connectivity index (χ1) is 11.9. The summed E-state index contributed by atoms with van der Waals surface area (Å²) in [7, 11) is -3.16. The Morgan fingerprint density at radius 1 is 1.04 bits per heavy atom. The largest absolute Gasteiger partial charge is 0.456 e. The van der Waals surface area contributed by atoms with Gasteiger partial charge in [-0.15, -0.1) is 0 Å². The van der Waals surface area contributed by atoms with Crippen LogP contribution in [-0.4, -0.2) is 26.2 Å². The molecular formula is C19H26N2O4S. The zero-order chi connectivity index (χ0) is 20.0. The van der Waals surface area contributed by atoms with Gasteiger partial charge >= 0.3 is 5.97 Å². The Bertz CT molecular complexity index is 839. The van der Waals surface area contributed by atoms with E-state index in [2.05, 4.69) is 0 Å². The second-order valence-corrected chi connectivity index (χ2v) is 8.70. The molecule has 0 saturated heterocycles. The van der Waals surface area contributed by atoms with E-state index in [9.17, 15) is 13.2 Å². The van der Waals surface area contributed by atoms with Crippen LogP contribution in [0.4, 0.5) is 5.69 Å². The van der Waals surface area contributed by atoms with Crippen LogP contribution in [0, 0.1) is 0 Å². The highest BCUT2D eigenvalue weighted by molar-refractivity contribution is 7.90. The Morgan fingerprint density at radius 2 is 1.58 bits per heavy atom. The van der Waals surface area contributed by atoms with Crippen molar-refractivity contribution in [1.29, 1.82) is 0 Å². The van der Waals surface area contributed by atoms with E-state index in [1.165, 1.54) is 6.07 Å². The second-order valence-electron chi connectivity index (χ2n) is 6.71. The van der Waals surface area contributed by atoms with Crippen LogP contribution in [0.1, 0.15) is 36.7 Å². The molecule has 142 valence electrons. The lowest BCUT2D eigenvalue weighted by molar-refractivity contribution is 0.00695. The van der Waals surface area contributed by atoms with Gasteiger partial charge in [0.1, 0.15) is 5.60 Å². The monoisotopic (exact) mass is 378 g/mol. The van der Waals surface area contributed by atoms with Crippen molar-refractivity contribution in [3.8, 4) is 0 Å². The molecule has 0 aromatic heterocycles.